The Morgan fingerprint density at radius 1 is 1.21 bits per heavy atom. The molecule has 1 aliphatic heterocycles. The van der Waals surface area contributed by atoms with Crippen molar-refractivity contribution in [1.82, 2.24) is 9.55 Å². The van der Waals surface area contributed by atoms with Crippen LogP contribution in [-0.2, 0) is 13.0 Å². The molecule has 4 rings (SSSR count). The summed E-state index contributed by atoms with van der Waals surface area (Å²) in [6.07, 6.45) is 2.38. The molecule has 0 aliphatic carbocycles. The number of nitrogens with two attached hydrogens (primary N) is 1. The van der Waals surface area contributed by atoms with E-state index in [1.807, 2.05) is 0 Å². The molecular formula is C21H17ClFN3O3. The molecule has 6 nitrogen and oxygen atoms in total. The van der Waals surface area contributed by atoms with Crippen molar-refractivity contribution < 1.29 is 19.1 Å². The van der Waals surface area contributed by atoms with Crippen molar-refractivity contribution in [2.24, 2.45) is 0 Å². The molecule has 0 bridgehead atoms. The highest BCUT2D eigenvalue weighted by molar-refractivity contribution is 6.35. The second-order valence-corrected chi connectivity index (χ2v) is 7.28. The molecule has 3 aromatic rings. The molecule has 148 valence electrons. The van der Waals surface area contributed by atoms with Gasteiger partial charge in [-0.2, -0.15) is 0 Å². The van der Waals surface area contributed by atoms with E-state index in [2.05, 4.69) is 4.98 Å². The topological polar surface area (TPSA) is 98.2 Å². The van der Waals surface area contributed by atoms with E-state index in [1.165, 1.54) is 12.1 Å². The number of carbonyl (C=O) groups excluding carboxylic acids is 1. The van der Waals surface area contributed by atoms with Gasteiger partial charge in [0, 0.05) is 23.5 Å². The zero-order valence-electron chi connectivity index (χ0n) is 15.3. The van der Waals surface area contributed by atoms with Crippen molar-refractivity contribution in [1.29, 1.82) is 0 Å². The number of carbonyl (C=O) groups is 2. The van der Waals surface area contributed by atoms with E-state index in [1.54, 1.807) is 22.8 Å². The van der Waals surface area contributed by atoms with Crippen molar-refractivity contribution in [3.63, 3.8) is 0 Å². The van der Waals surface area contributed by atoms with Crippen LogP contribution in [0.4, 0.5) is 10.1 Å². The second kappa shape index (κ2) is 7.33. The molecule has 0 atom stereocenters. The highest BCUT2D eigenvalue weighted by atomic mass is 35.5. The molecule has 3 N–H and O–H groups in total. The van der Waals surface area contributed by atoms with Gasteiger partial charge in [0.1, 0.15) is 5.82 Å². The van der Waals surface area contributed by atoms with Crippen LogP contribution in [0.25, 0.3) is 11.3 Å². The van der Waals surface area contributed by atoms with Gasteiger partial charge < -0.3 is 15.4 Å². The molecule has 0 saturated carbocycles. The highest BCUT2D eigenvalue weighted by Crippen LogP contribution is 2.33. The molecular weight excluding hydrogens is 397 g/mol. The minimum absolute atomic E-state index is 0.149. The number of halogens is 2. The van der Waals surface area contributed by atoms with Crippen LogP contribution in [0.2, 0.25) is 5.02 Å². The minimum atomic E-state index is -1.22. The molecule has 0 unspecified atom stereocenters. The number of aromatic nitrogens is 2. The monoisotopic (exact) mass is 413 g/mol. The number of ketones is 1. The first-order valence-electron chi connectivity index (χ1n) is 9.09. The Labute approximate surface area is 170 Å². The molecule has 0 fully saturated rings. The summed E-state index contributed by atoms with van der Waals surface area (Å²) < 4.78 is 16.5. The first-order chi connectivity index (χ1) is 13.9. The molecule has 2 heterocycles. The van der Waals surface area contributed by atoms with Gasteiger partial charge in [-0.15, -0.1) is 0 Å². The lowest BCUT2D eigenvalue weighted by atomic mass is 10.0. The fraction of sp³-hybridized carbons (Fsp3) is 0.190. The summed E-state index contributed by atoms with van der Waals surface area (Å²) in [6, 6.07) is 8.48. The molecule has 29 heavy (non-hydrogen) atoms. The van der Waals surface area contributed by atoms with Crippen molar-refractivity contribution in [2.45, 2.75) is 25.8 Å². The van der Waals surface area contributed by atoms with Gasteiger partial charge in [0.2, 0.25) is 5.78 Å². The van der Waals surface area contributed by atoms with Gasteiger partial charge in [-0.25, -0.2) is 14.2 Å². The first-order valence-corrected chi connectivity index (χ1v) is 9.47. The van der Waals surface area contributed by atoms with E-state index in [9.17, 15) is 14.0 Å². The maximum Gasteiger partial charge on any atom is 0.335 e. The van der Waals surface area contributed by atoms with Crippen LogP contribution in [0.15, 0.2) is 36.4 Å². The molecule has 0 spiro atoms. The number of anilines is 1. The number of carboxylic acid groups (broad SMARTS) is 1. The molecule has 0 amide bonds. The van der Waals surface area contributed by atoms with Gasteiger partial charge in [0.15, 0.2) is 5.82 Å². The standard InChI is InChI=1S/C21H17ClFN3O3/c22-13-4-3-5-15(24)17(13)19(27)20-25-18(16-6-1-2-9-26(16)20)12-8-7-11(21(28)29)10-14(12)23/h3-5,7-8,10H,1-2,6,9,24H2,(H,28,29). The molecule has 1 aliphatic rings. The number of hydrogen-bond acceptors (Lipinski definition) is 4. The van der Waals surface area contributed by atoms with E-state index in [-0.39, 0.29) is 33.2 Å². The maximum atomic E-state index is 14.7. The number of hydrogen-bond donors (Lipinski definition) is 2. The summed E-state index contributed by atoms with van der Waals surface area (Å²) in [6.45, 7) is 0.572. The Morgan fingerprint density at radius 2 is 2.00 bits per heavy atom. The van der Waals surface area contributed by atoms with Gasteiger partial charge in [-0.05, 0) is 49.6 Å². The maximum absolute atomic E-state index is 14.7. The number of carboxylic acids is 1. The van der Waals surface area contributed by atoms with E-state index >= 15 is 0 Å². The van der Waals surface area contributed by atoms with E-state index in [4.69, 9.17) is 22.4 Å². The van der Waals surface area contributed by atoms with Gasteiger partial charge in [0.25, 0.3) is 0 Å². The molecule has 0 saturated heterocycles. The van der Waals surface area contributed by atoms with E-state index in [0.717, 1.165) is 24.6 Å². The number of imidazole rings is 1. The van der Waals surface area contributed by atoms with Crippen LogP contribution in [0, 0.1) is 5.82 Å². The third-order valence-corrected chi connectivity index (χ3v) is 5.38. The lowest BCUT2D eigenvalue weighted by molar-refractivity contribution is 0.0696. The smallest absolute Gasteiger partial charge is 0.335 e. The summed E-state index contributed by atoms with van der Waals surface area (Å²) in [4.78, 5) is 28.8. The Morgan fingerprint density at radius 3 is 2.69 bits per heavy atom. The van der Waals surface area contributed by atoms with Gasteiger partial charge in [-0.3, -0.25) is 4.79 Å². The van der Waals surface area contributed by atoms with Crippen molar-refractivity contribution in [2.75, 3.05) is 5.73 Å². The van der Waals surface area contributed by atoms with Crippen LogP contribution >= 0.6 is 11.6 Å². The molecule has 0 radical (unpaired) electrons. The second-order valence-electron chi connectivity index (χ2n) is 6.87. The Balaban J connectivity index is 1.88. The summed E-state index contributed by atoms with van der Waals surface area (Å²) in [7, 11) is 0. The van der Waals surface area contributed by atoms with Crippen LogP contribution < -0.4 is 5.73 Å². The quantitative estimate of drug-likeness (QED) is 0.493. The van der Waals surface area contributed by atoms with Gasteiger partial charge >= 0.3 is 5.97 Å². The zero-order chi connectivity index (χ0) is 20.7. The van der Waals surface area contributed by atoms with Crippen LogP contribution in [0.5, 0.6) is 0 Å². The third-order valence-electron chi connectivity index (χ3n) is 5.06. The summed E-state index contributed by atoms with van der Waals surface area (Å²) in [5.41, 5.74) is 7.47. The van der Waals surface area contributed by atoms with Crippen molar-refractivity contribution >= 4 is 29.0 Å². The zero-order valence-corrected chi connectivity index (χ0v) is 16.0. The minimum Gasteiger partial charge on any atom is -0.478 e. The largest absolute Gasteiger partial charge is 0.478 e. The van der Waals surface area contributed by atoms with E-state index < -0.39 is 17.6 Å². The lowest BCUT2D eigenvalue weighted by Gasteiger charge is -2.17. The number of nitrogens with zero attached hydrogens (tertiary/aromatic N) is 2. The van der Waals surface area contributed by atoms with Gasteiger partial charge in [0.05, 0.1) is 21.8 Å². The average molecular weight is 414 g/mol. The molecule has 8 heteroatoms. The molecule has 1 aromatic heterocycles. The van der Waals surface area contributed by atoms with E-state index in [0.29, 0.717) is 18.7 Å². The average Bonchev–Trinajstić information content (AvgIpc) is 3.07. The third kappa shape index (κ3) is 3.27. The van der Waals surface area contributed by atoms with Crippen LogP contribution in [0.1, 0.15) is 45.1 Å². The summed E-state index contributed by atoms with van der Waals surface area (Å²) in [5.74, 6) is -2.19. The Kier molecular flexibility index (Phi) is 4.84. The van der Waals surface area contributed by atoms with Crippen molar-refractivity contribution in [3.8, 4) is 11.3 Å². The Hall–Kier alpha value is -3.19. The normalized spacial score (nSPS) is 13.2. The number of benzene rings is 2. The number of nitrogen functional groups attached to an aromatic ring is 1. The predicted octanol–water partition coefficient (Wildman–Crippen LogP) is 4.19. The van der Waals surface area contributed by atoms with Crippen LogP contribution in [0.3, 0.4) is 0 Å². The SMILES string of the molecule is Nc1cccc(Cl)c1C(=O)c1nc(-c2ccc(C(=O)O)cc2F)c2n1CCCC2. The fourth-order valence-electron chi connectivity index (χ4n) is 3.66. The number of fused-ring (bicyclic) bond motifs is 1. The Bertz CT molecular complexity index is 1140. The lowest BCUT2D eigenvalue weighted by Crippen LogP contribution is -2.18. The number of aromatic carboxylic acids is 1. The van der Waals surface area contributed by atoms with Gasteiger partial charge in [-0.1, -0.05) is 17.7 Å². The first kappa shape index (κ1) is 19.1. The molecule has 2 aromatic carbocycles. The van der Waals surface area contributed by atoms with Crippen LogP contribution in [-0.4, -0.2) is 26.4 Å². The predicted molar refractivity (Wildman–Crippen MR) is 107 cm³/mol. The summed E-state index contributed by atoms with van der Waals surface area (Å²) in [5, 5.41) is 9.29. The van der Waals surface area contributed by atoms with Crippen molar-refractivity contribution in [3.05, 3.63) is 69.9 Å². The number of rotatable bonds is 4. The highest BCUT2D eigenvalue weighted by Gasteiger charge is 2.28. The summed E-state index contributed by atoms with van der Waals surface area (Å²) >= 11 is 6.20. The fourth-order valence-corrected chi connectivity index (χ4v) is 3.93.